The highest BCUT2D eigenvalue weighted by Gasteiger charge is 2.32. The molecular weight excluding hydrogens is 232 g/mol. The van der Waals surface area contributed by atoms with Crippen LogP contribution in [0.5, 0.6) is 0 Å². The van der Waals surface area contributed by atoms with E-state index in [4.69, 9.17) is 4.74 Å². The fraction of sp³-hybridized carbons (Fsp3) is 0.846. The van der Waals surface area contributed by atoms with Gasteiger partial charge in [0.25, 0.3) is 0 Å². The van der Waals surface area contributed by atoms with Crippen LogP contribution < -0.4 is 5.32 Å². The monoisotopic (exact) mass is 256 g/mol. The van der Waals surface area contributed by atoms with Gasteiger partial charge in [-0.25, -0.2) is 0 Å². The Bertz CT molecular complexity index is 294. The minimum atomic E-state index is -0.264. The largest absolute Gasteiger partial charge is 0.378 e. The van der Waals surface area contributed by atoms with E-state index in [2.05, 4.69) is 10.2 Å². The van der Waals surface area contributed by atoms with Crippen LogP contribution in [0.3, 0.4) is 0 Å². The molecule has 1 saturated heterocycles. The van der Waals surface area contributed by atoms with Crippen LogP contribution in [0.15, 0.2) is 0 Å². The molecule has 0 aliphatic carbocycles. The van der Waals surface area contributed by atoms with Crippen LogP contribution >= 0.6 is 0 Å². The van der Waals surface area contributed by atoms with Gasteiger partial charge in [-0.3, -0.25) is 14.5 Å². The molecule has 5 heteroatoms. The van der Waals surface area contributed by atoms with Crippen LogP contribution in [0.2, 0.25) is 0 Å². The molecule has 1 rings (SSSR count). The number of amides is 1. The van der Waals surface area contributed by atoms with Gasteiger partial charge in [0, 0.05) is 25.6 Å². The normalized spacial score (nSPS) is 22.5. The van der Waals surface area contributed by atoms with Crippen LogP contribution in [0, 0.1) is 0 Å². The lowest BCUT2D eigenvalue weighted by atomic mass is 10.1. The summed E-state index contributed by atoms with van der Waals surface area (Å²) < 4.78 is 5.38. The second kappa shape index (κ2) is 7.48. The van der Waals surface area contributed by atoms with Gasteiger partial charge in [0.1, 0.15) is 11.8 Å². The molecule has 5 nitrogen and oxygen atoms in total. The Balaban J connectivity index is 2.61. The summed E-state index contributed by atoms with van der Waals surface area (Å²) >= 11 is 0. The number of morpholine rings is 1. The SMILES string of the molecule is CCCNC(=O)C1COCCN1C(C)CC(C)=O. The summed E-state index contributed by atoms with van der Waals surface area (Å²) in [5, 5.41) is 2.89. The van der Waals surface area contributed by atoms with Crippen molar-refractivity contribution in [2.45, 2.75) is 45.7 Å². The third-order valence-electron chi connectivity index (χ3n) is 3.17. The topological polar surface area (TPSA) is 58.6 Å². The van der Waals surface area contributed by atoms with Crippen LogP contribution in [0.4, 0.5) is 0 Å². The summed E-state index contributed by atoms with van der Waals surface area (Å²) in [7, 11) is 0. The quantitative estimate of drug-likeness (QED) is 0.755. The van der Waals surface area contributed by atoms with Crippen molar-refractivity contribution in [3.63, 3.8) is 0 Å². The van der Waals surface area contributed by atoms with E-state index in [1.165, 1.54) is 0 Å². The Morgan fingerprint density at radius 3 is 2.83 bits per heavy atom. The van der Waals surface area contributed by atoms with Crippen molar-refractivity contribution < 1.29 is 14.3 Å². The first kappa shape index (κ1) is 15.1. The Morgan fingerprint density at radius 2 is 2.22 bits per heavy atom. The highest BCUT2D eigenvalue weighted by Crippen LogP contribution is 2.14. The zero-order valence-corrected chi connectivity index (χ0v) is 11.6. The predicted octanol–water partition coefficient (Wildman–Crippen LogP) is 0.581. The molecule has 0 aromatic carbocycles. The molecule has 18 heavy (non-hydrogen) atoms. The number of nitrogens with zero attached hydrogens (tertiary/aromatic N) is 1. The van der Waals surface area contributed by atoms with E-state index in [1.807, 2.05) is 13.8 Å². The second-order valence-electron chi connectivity index (χ2n) is 4.87. The van der Waals surface area contributed by atoms with Gasteiger partial charge < -0.3 is 10.1 Å². The molecule has 1 amide bonds. The average molecular weight is 256 g/mol. The summed E-state index contributed by atoms with van der Waals surface area (Å²) in [6, 6.07) is -0.177. The first-order valence-electron chi connectivity index (χ1n) is 6.66. The van der Waals surface area contributed by atoms with Gasteiger partial charge in [0.05, 0.1) is 13.2 Å². The Morgan fingerprint density at radius 1 is 1.50 bits per heavy atom. The van der Waals surface area contributed by atoms with E-state index in [0.717, 1.165) is 6.42 Å². The molecule has 0 spiro atoms. The molecule has 104 valence electrons. The van der Waals surface area contributed by atoms with E-state index >= 15 is 0 Å². The van der Waals surface area contributed by atoms with Crippen LogP contribution in [0.25, 0.3) is 0 Å². The minimum absolute atomic E-state index is 0.00644. The summed E-state index contributed by atoms with van der Waals surface area (Å²) in [5.74, 6) is 0.161. The summed E-state index contributed by atoms with van der Waals surface area (Å²) in [5.41, 5.74) is 0. The Hall–Kier alpha value is -0.940. The third kappa shape index (κ3) is 4.38. The molecule has 1 N–H and O–H groups in total. The van der Waals surface area contributed by atoms with Gasteiger partial charge in [-0.05, 0) is 20.3 Å². The van der Waals surface area contributed by atoms with Gasteiger partial charge in [-0.15, -0.1) is 0 Å². The summed E-state index contributed by atoms with van der Waals surface area (Å²) in [4.78, 5) is 25.3. The van der Waals surface area contributed by atoms with Crippen molar-refractivity contribution in [2.75, 3.05) is 26.3 Å². The number of hydrogen-bond donors (Lipinski definition) is 1. The maximum atomic E-state index is 12.0. The number of rotatable bonds is 6. The molecule has 0 aromatic heterocycles. The van der Waals surface area contributed by atoms with Crippen LogP contribution in [0.1, 0.15) is 33.6 Å². The van der Waals surface area contributed by atoms with Gasteiger partial charge in [0.2, 0.25) is 5.91 Å². The molecular formula is C13H24N2O3. The fourth-order valence-electron chi connectivity index (χ4n) is 2.27. The summed E-state index contributed by atoms with van der Waals surface area (Å²) in [6.45, 7) is 8.03. The number of nitrogens with one attached hydrogen (secondary N) is 1. The van der Waals surface area contributed by atoms with Gasteiger partial charge in [-0.1, -0.05) is 6.92 Å². The number of carbonyl (C=O) groups excluding carboxylic acids is 2. The highest BCUT2D eigenvalue weighted by atomic mass is 16.5. The van der Waals surface area contributed by atoms with E-state index < -0.39 is 0 Å². The number of hydrogen-bond acceptors (Lipinski definition) is 4. The van der Waals surface area contributed by atoms with Crippen LogP contribution in [-0.2, 0) is 14.3 Å². The first-order chi connectivity index (χ1) is 8.56. The smallest absolute Gasteiger partial charge is 0.239 e. The maximum absolute atomic E-state index is 12.0. The van der Waals surface area contributed by atoms with E-state index in [9.17, 15) is 9.59 Å². The lowest BCUT2D eigenvalue weighted by Gasteiger charge is -2.38. The van der Waals surface area contributed by atoms with E-state index in [1.54, 1.807) is 6.92 Å². The zero-order valence-electron chi connectivity index (χ0n) is 11.6. The lowest BCUT2D eigenvalue weighted by molar-refractivity contribution is -0.135. The lowest BCUT2D eigenvalue weighted by Crippen LogP contribution is -2.57. The predicted molar refractivity (Wildman–Crippen MR) is 69.4 cm³/mol. The Labute approximate surface area is 109 Å². The van der Waals surface area contributed by atoms with Gasteiger partial charge in [0.15, 0.2) is 0 Å². The van der Waals surface area contributed by atoms with E-state index in [0.29, 0.717) is 32.7 Å². The standard InChI is InChI=1S/C13H24N2O3/c1-4-5-14-13(17)12-9-18-7-6-15(12)10(2)8-11(3)16/h10,12H,4-9H2,1-3H3,(H,14,17). The first-order valence-corrected chi connectivity index (χ1v) is 6.66. The van der Waals surface area contributed by atoms with Crippen molar-refractivity contribution >= 4 is 11.7 Å². The molecule has 1 fully saturated rings. The Kier molecular flexibility index (Phi) is 6.29. The second-order valence-corrected chi connectivity index (χ2v) is 4.87. The van der Waals surface area contributed by atoms with Crippen molar-refractivity contribution in [3.05, 3.63) is 0 Å². The van der Waals surface area contributed by atoms with Gasteiger partial charge >= 0.3 is 0 Å². The molecule has 1 aliphatic rings. The number of ether oxygens (including phenoxy) is 1. The van der Waals surface area contributed by atoms with Crippen molar-refractivity contribution in [1.29, 1.82) is 0 Å². The van der Waals surface area contributed by atoms with E-state index in [-0.39, 0.29) is 23.8 Å². The number of ketones is 1. The molecule has 0 radical (unpaired) electrons. The summed E-state index contributed by atoms with van der Waals surface area (Å²) in [6.07, 6.45) is 1.40. The molecule has 1 heterocycles. The molecule has 0 aromatic rings. The molecule has 1 aliphatic heterocycles. The van der Waals surface area contributed by atoms with Crippen molar-refractivity contribution in [1.82, 2.24) is 10.2 Å². The molecule has 2 unspecified atom stereocenters. The zero-order chi connectivity index (χ0) is 13.5. The van der Waals surface area contributed by atoms with Crippen molar-refractivity contribution in [3.8, 4) is 0 Å². The minimum Gasteiger partial charge on any atom is -0.378 e. The molecule has 0 saturated carbocycles. The molecule has 0 bridgehead atoms. The van der Waals surface area contributed by atoms with Crippen molar-refractivity contribution in [2.24, 2.45) is 0 Å². The number of Topliss-reactive ketones (excluding diaryl/α,β-unsaturated/α-hetero) is 1. The average Bonchev–Trinajstić information content (AvgIpc) is 2.35. The fourth-order valence-corrected chi connectivity index (χ4v) is 2.27. The maximum Gasteiger partial charge on any atom is 0.239 e. The number of carbonyl (C=O) groups is 2. The molecule has 2 atom stereocenters. The third-order valence-corrected chi connectivity index (χ3v) is 3.17. The van der Waals surface area contributed by atoms with Gasteiger partial charge in [-0.2, -0.15) is 0 Å². The van der Waals surface area contributed by atoms with Crippen LogP contribution in [-0.4, -0.2) is 55.0 Å². The highest BCUT2D eigenvalue weighted by molar-refractivity contribution is 5.82.